The molecule has 0 amide bonds. The van der Waals surface area contributed by atoms with Crippen LogP contribution in [0, 0.1) is 0 Å². The van der Waals surface area contributed by atoms with Crippen molar-refractivity contribution in [2.45, 2.75) is 19.4 Å². The Morgan fingerprint density at radius 1 is 1.36 bits per heavy atom. The summed E-state index contributed by atoms with van der Waals surface area (Å²) in [5.74, 6) is 0.310. The lowest BCUT2D eigenvalue weighted by Gasteiger charge is -2.17. The molecule has 0 fully saturated rings. The van der Waals surface area contributed by atoms with Crippen LogP contribution in [-0.4, -0.2) is 23.4 Å². The lowest BCUT2D eigenvalue weighted by Crippen LogP contribution is -2.23. The zero-order valence-electron chi connectivity index (χ0n) is 8.40. The molecule has 0 aliphatic rings. The molecule has 0 radical (unpaired) electrons. The molecule has 0 aliphatic carbocycles. The van der Waals surface area contributed by atoms with Gasteiger partial charge in [0.05, 0.1) is 6.61 Å². The maximum absolute atomic E-state index is 9.61. The predicted molar refractivity (Wildman–Crippen MR) is 56.2 cm³/mol. The number of phenolic OH excluding ortho intramolecular Hbond substituents is 1. The average molecular weight is 195 g/mol. The third kappa shape index (κ3) is 2.72. The number of hydrogen-bond acceptors (Lipinski definition) is 3. The highest BCUT2D eigenvalue weighted by molar-refractivity contribution is 5.34. The van der Waals surface area contributed by atoms with Crippen molar-refractivity contribution in [2.24, 2.45) is 0 Å². The molecular weight excluding hydrogens is 178 g/mol. The Morgan fingerprint density at radius 3 is 2.64 bits per heavy atom. The van der Waals surface area contributed by atoms with Gasteiger partial charge in [-0.3, -0.25) is 0 Å². The smallest absolute Gasteiger partial charge is 0.120 e. The topological polar surface area (TPSA) is 52.5 Å². The van der Waals surface area contributed by atoms with Crippen LogP contribution in [0.1, 0.15) is 24.9 Å². The van der Waals surface area contributed by atoms with Gasteiger partial charge in [-0.05, 0) is 12.5 Å². The summed E-state index contributed by atoms with van der Waals surface area (Å²) in [7, 11) is 0. The van der Waals surface area contributed by atoms with Gasteiger partial charge in [0.1, 0.15) is 5.75 Å². The monoisotopic (exact) mass is 195 g/mol. The lowest BCUT2D eigenvalue weighted by atomic mass is 10.0. The number of benzene rings is 1. The number of para-hydroxylation sites is 1. The molecular formula is C11H17NO2. The van der Waals surface area contributed by atoms with Crippen molar-refractivity contribution in [1.29, 1.82) is 0 Å². The number of nitrogens with one attached hydrogen (secondary N) is 1. The zero-order chi connectivity index (χ0) is 10.4. The maximum atomic E-state index is 9.61. The molecule has 1 unspecified atom stereocenters. The molecule has 78 valence electrons. The minimum Gasteiger partial charge on any atom is -0.508 e. The first-order valence-corrected chi connectivity index (χ1v) is 4.91. The van der Waals surface area contributed by atoms with Crippen LogP contribution in [0.2, 0.25) is 0 Å². The van der Waals surface area contributed by atoms with E-state index in [4.69, 9.17) is 5.11 Å². The van der Waals surface area contributed by atoms with E-state index in [0.717, 1.165) is 12.0 Å². The van der Waals surface area contributed by atoms with Crippen LogP contribution in [0.15, 0.2) is 24.3 Å². The summed E-state index contributed by atoms with van der Waals surface area (Å²) < 4.78 is 0. The highest BCUT2D eigenvalue weighted by atomic mass is 16.3. The minimum atomic E-state index is 0.114. The molecule has 0 bridgehead atoms. The van der Waals surface area contributed by atoms with Crippen LogP contribution in [-0.2, 0) is 0 Å². The Balaban J connectivity index is 2.73. The second-order valence-corrected chi connectivity index (χ2v) is 3.20. The first-order chi connectivity index (χ1) is 6.79. The number of aromatic hydroxyl groups is 1. The summed E-state index contributed by atoms with van der Waals surface area (Å²) >= 11 is 0. The molecule has 0 aromatic heterocycles. The summed E-state index contributed by atoms with van der Waals surface area (Å²) in [6.45, 7) is 2.71. The Labute approximate surface area is 84.4 Å². The standard InChI is InChI=1S/C11H17NO2/c1-2-10(12-7-8-13)9-5-3-4-6-11(9)14/h3-6,10,12-14H,2,7-8H2,1H3. The summed E-state index contributed by atoms with van der Waals surface area (Å²) in [5.41, 5.74) is 0.892. The van der Waals surface area contributed by atoms with Gasteiger partial charge in [0, 0.05) is 18.2 Å². The van der Waals surface area contributed by atoms with Gasteiger partial charge in [0.2, 0.25) is 0 Å². The van der Waals surface area contributed by atoms with E-state index in [1.807, 2.05) is 19.1 Å². The Hall–Kier alpha value is -1.06. The number of hydrogen-bond donors (Lipinski definition) is 3. The highest BCUT2D eigenvalue weighted by Gasteiger charge is 2.11. The molecule has 0 saturated carbocycles. The van der Waals surface area contributed by atoms with E-state index in [9.17, 15) is 5.11 Å². The minimum absolute atomic E-state index is 0.114. The largest absolute Gasteiger partial charge is 0.508 e. The van der Waals surface area contributed by atoms with Crippen LogP contribution < -0.4 is 5.32 Å². The van der Waals surface area contributed by atoms with Gasteiger partial charge in [-0.1, -0.05) is 25.1 Å². The van der Waals surface area contributed by atoms with E-state index in [1.165, 1.54) is 0 Å². The quantitative estimate of drug-likeness (QED) is 0.666. The fourth-order valence-electron chi connectivity index (χ4n) is 1.50. The van der Waals surface area contributed by atoms with Gasteiger partial charge in [-0.25, -0.2) is 0 Å². The third-order valence-electron chi connectivity index (χ3n) is 2.22. The molecule has 14 heavy (non-hydrogen) atoms. The second kappa shape index (κ2) is 5.62. The van der Waals surface area contributed by atoms with Crippen molar-refractivity contribution in [3.8, 4) is 5.75 Å². The normalized spacial score (nSPS) is 12.7. The van der Waals surface area contributed by atoms with E-state index in [2.05, 4.69) is 5.32 Å². The fraction of sp³-hybridized carbons (Fsp3) is 0.455. The van der Waals surface area contributed by atoms with Crippen molar-refractivity contribution in [3.05, 3.63) is 29.8 Å². The van der Waals surface area contributed by atoms with E-state index >= 15 is 0 Å². The van der Waals surface area contributed by atoms with Crippen LogP contribution in [0.4, 0.5) is 0 Å². The van der Waals surface area contributed by atoms with Gasteiger partial charge in [-0.15, -0.1) is 0 Å². The molecule has 0 saturated heterocycles. The van der Waals surface area contributed by atoms with E-state index < -0.39 is 0 Å². The van der Waals surface area contributed by atoms with Gasteiger partial charge < -0.3 is 15.5 Å². The molecule has 3 heteroatoms. The number of aliphatic hydroxyl groups is 1. The van der Waals surface area contributed by atoms with Crippen LogP contribution >= 0.6 is 0 Å². The molecule has 0 aliphatic heterocycles. The third-order valence-corrected chi connectivity index (χ3v) is 2.22. The van der Waals surface area contributed by atoms with E-state index in [1.54, 1.807) is 12.1 Å². The van der Waals surface area contributed by atoms with Crippen molar-refractivity contribution in [3.63, 3.8) is 0 Å². The van der Waals surface area contributed by atoms with Gasteiger partial charge in [0.25, 0.3) is 0 Å². The molecule has 1 aromatic rings. The van der Waals surface area contributed by atoms with Gasteiger partial charge >= 0.3 is 0 Å². The average Bonchev–Trinajstić information content (AvgIpc) is 2.21. The SMILES string of the molecule is CCC(NCCO)c1ccccc1O. The van der Waals surface area contributed by atoms with Crippen LogP contribution in [0.25, 0.3) is 0 Å². The van der Waals surface area contributed by atoms with Crippen LogP contribution in [0.5, 0.6) is 5.75 Å². The fourth-order valence-corrected chi connectivity index (χ4v) is 1.50. The molecule has 0 spiro atoms. The number of aliphatic hydroxyl groups excluding tert-OH is 1. The first kappa shape index (κ1) is 11.0. The summed E-state index contributed by atoms with van der Waals surface area (Å²) in [6, 6.07) is 7.39. The molecule has 3 N–H and O–H groups in total. The highest BCUT2D eigenvalue weighted by Crippen LogP contribution is 2.25. The van der Waals surface area contributed by atoms with E-state index in [0.29, 0.717) is 12.3 Å². The maximum Gasteiger partial charge on any atom is 0.120 e. The summed E-state index contributed by atoms with van der Waals surface area (Å²) in [6.07, 6.45) is 0.886. The molecule has 1 aromatic carbocycles. The van der Waals surface area contributed by atoms with Crippen molar-refractivity contribution >= 4 is 0 Å². The van der Waals surface area contributed by atoms with Crippen LogP contribution in [0.3, 0.4) is 0 Å². The first-order valence-electron chi connectivity index (χ1n) is 4.91. The Kier molecular flexibility index (Phi) is 4.43. The zero-order valence-corrected chi connectivity index (χ0v) is 8.40. The second-order valence-electron chi connectivity index (χ2n) is 3.20. The number of rotatable bonds is 5. The van der Waals surface area contributed by atoms with E-state index in [-0.39, 0.29) is 12.6 Å². The molecule has 1 atom stereocenters. The molecule has 0 heterocycles. The van der Waals surface area contributed by atoms with Gasteiger partial charge in [-0.2, -0.15) is 0 Å². The van der Waals surface area contributed by atoms with Gasteiger partial charge in [0.15, 0.2) is 0 Å². The van der Waals surface area contributed by atoms with Crippen molar-refractivity contribution < 1.29 is 10.2 Å². The van der Waals surface area contributed by atoms with Crippen molar-refractivity contribution in [1.82, 2.24) is 5.32 Å². The summed E-state index contributed by atoms with van der Waals surface area (Å²) in [4.78, 5) is 0. The number of phenols is 1. The van der Waals surface area contributed by atoms with Crippen molar-refractivity contribution in [2.75, 3.05) is 13.2 Å². The Morgan fingerprint density at radius 2 is 2.07 bits per heavy atom. The summed E-state index contributed by atoms with van der Waals surface area (Å²) in [5, 5.41) is 21.5. The molecule has 1 rings (SSSR count). The molecule has 3 nitrogen and oxygen atoms in total. The lowest BCUT2D eigenvalue weighted by molar-refractivity contribution is 0.282. The Bertz CT molecular complexity index is 276. The predicted octanol–water partition coefficient (Wildman–Crippen LogP) is 1.43.